The second-order valence-electron chi connectivity index (χ2n) is 3.05. The van der Waals surface area contributed by atoms with Gasteiger partial charge in [-0.1, -0.05) is 12.7 Å². The predicted octanol–water partition coefficient (Wildman–Crippen LogP) is 1.82. The largest absolute Gasteiger partial charge is 0.508 e. The third-order valence-electron chi connectivity index (χ3n) is 1.80. The highest BCUT2D eigenvalue weighted by Gasteiger charge is 2.13. The molecule has 90 valence electrons. The molecule has 0 aliphatic rings. The van der Waals surface area contributed by atoms with Gasteiger partial charge in [0.05, 0.1) is 11.3 Å². The monoisotopic (exact) mass is 237 g/mol. The van der Waals surface area contributed by atoms with Gasteiger partial charge in [-0.3, -0.25) is 5.32 Å². The summed E-state index contributed by atoms with van der Waals surface area (Å²) in [5.41, 5.74) is -0.176. The zero-order valence-corrected chi connectivity index (χ0v) is 8.84. The number of amides is 1. The Hall–Kier alpha value is -2.50. The molecule has 0 unspecified atom stereocenters. The molecule has 0 saturated carbocycles. The van der Waals surface area contributed by atoms with Crippen molar-refractivity contribution in [3.05, 3.63) is 36.4 Å². The first-order valence-electron chi connectivity index (χ1n) is 4.65. The van der Waals surface area contributed by atoms with Gasteiger partial charge < -0.3 is 14.9 Å². The molecule has 3 N–H and O–H groups in total. The van der Waals surface area contributed by atoms with Crippen LogP contribution in [0.1, 0.15) is 10.4 Å². The number of rotatable bonds is 4. The minimum atomic E-state index is -1.22. The Morgan fingerprint density at radius 3 is 2.76 bits per heavy atom. The van der Waals surface area contributed by atoms with Crippen molar-refractivity contribution in [1.82, 2.24) is 0 Å². The molecule has 0 aliphatic heterocycles. The number of anilines is 1. The van der Waals surface area contributed by atoms with Gasteiger partial charge in [-0.2, -0.15) is 0 Å². The highest BCUT2D eigenvalue weighted by Crippen LogP contribution is 2.21. The molecule has 6 heteroatoms. The van der Waals surface area contributed by atoms with Crippen LogP contribution in [0.4, 0.5) is 10.5 Å². The van der Waals surface area contributed by atoms with Gasteiger partial charge in [0, 0.05) is 6.07 Å². The normalized spacial score (nSPS) is 9.41. The Bertz CT molecular complexity index is 455. The van der Waals surface area contributed by atoms with Gasteiger partial charge in [-0.05, 0) is 12.1 Å². The topological polar surface area (TPSA) is 95.9 Å². The van der Waals surface area contributed by atoms with E-state index in [2.05, 4.69) is 16.6 Å². The van der Waals surface area contributed by atoms with E-state index in [9.17, 15) is 14.7 Å². The maximum absolute atomic E-state index is 11.2. The van der Waals surface area contributed by atoms with Crippen LogP contribution in [0.3, 0.4) is 0 Å². The van der Waals surface area contributed by atoms with Crippen LogP contribution in [0, 0.1) is 0 Å². The molecule has 0 aromatic heterocycles. The summed E-state index contributed by atoms with van der Waals surface area (Å²) in [6, 6.07) is 3.52. The summed E-state index contributed by atoms with van der Waals surface area (Å²) in [6.45, 7) is 3.37. The number of aromatic hydroxyl groups is 1. The van der Waals surface area contributed by atoms with Gasteiger partial charge >= 0.3 is 12.1 Å². The van der Waals surface area contributed by atoms with Crippen molar-refractivity contribution in [2.75, 3.05) is 11.9 Å². The second kappa shape index (κ2) is 5.55. The zero-order valence-electron chi connectivity index (χ0n) is 8.84. The molecule has 1 amide bonds. The Labute approximate surface area is 97.1 Å². The summed E-state index contributed by atoms with van der Waals surface area (Å²) in [5, 5.41) is 20.3. The minimum Gasteiger partial charge on any atom is -0.508 e. The molecule has 0 heterocycles. The predicted molar refractivity (Wildman–Crippen MR) is 60.2 cm³/mol. The molecule has 1 aromatic rings. The number of carbonyl (C=O) groups is 2. The number of aromatic carboxylic acids is 1. The van der Waals surface area contributed by atoms with Crippen LogP contribution >= 0.6 is 0 Å². The highest BCUT2D eigenvalue weighted by atomic mass is 16.5. The van der Waals surface area contributed by atoms with Crippen LogP contribution in [0.2, 0.25) is 0 Å². The first kappa shape index (κ1) is 12.6. The third kappa shape index (κ3) is 3.53. The van der Waals surface area contributed by atoms with E-state index in [1.165, 1.54) is 18.2 Å². The fourth-order valence-corrected chi connectivity index (χ4v) is 1.10. The number of carboxylic acid groups (broad SMARTS) is 1. The Morgan fingerprint density at radius 1 is 1.47 bits per heavy atom. The van der Waals surface area contributed by atoms with Crippen LogP contribution in [-0.2, 0) is 4.74 Å². The summed E-state index contributed by atoms with van der Waals surface area (Å²) >= 11 is 0. The average molecular weight is 237 g/mol. The van der Waals surface area contributed by atoms with Crippen molar-refractivity contribution in [2.24, 2.45) is 0 Å². The van der Waals surface area contributed by atoms with E-state index in [1.54, 1.807) is 0 Å². The highest BCUT2D eigenvalue weighted by molar-refractivity contribution is 5.99. The van der Waals surface area contributed by atoms with Crippen LogP contribution in [0.5, 0.6) is 5.75 Å². The third-order valence-corrected chi connectivity index (χ3v) is 1.80. The van der Waals surface area contributed by atoms with Crippen molar-refractivity contribution in [2.45, 2.75) is 0 Å². The Morgan fingerprint density at radius 2 is 2.18 bits per heavy atom. The molecule has 0 aliphatic carbocycles. The van der Waals surface area contributed by atoms with Crippen molar-refractivity contribution in [3.63, 3.8) is 0 Å². The SMILES string of the molecule is C=CCOC(=O)Nc1cc(O)ccc1C(=O)O. The van der Waals surface area contributed by atoms with E-state index < -0.39 is 12.1 Å². The van der Waals surface area contributed by atoms with Crippen molar-refractivity contribution >= 4 is 17.7 Å². The summed E-state index contributed by atoms with van der Waals surface area (Å²) < 4.78 is 4.63. The first-order valence-corrected chi connectivity index (χ1v) is 4.65. The number of carbonyl (C=O) groups excluding carboxylic acids is 1. The molecular weight excluding hydrogens is 226 g/mol. The standard InChI is InChI=1S/C11H11NO5/c1-2-5-17-11(16)12-9-6-7(13)3-4-8(9)10(14)15/h2-4,6,13H,1,5H2,(H,12,16)(H,14,15). The van der Waals surface area contributed by atoms with E-state index in [-0.39, 0.29) is 23.6 Å². The number of ether oxygens (including phenoxy) is 1. The van der Waals surface area contributed by atoms with Gasteiger partial charge in [-0.15, -0.1) is 0 Å². The summed E-state index contributed by atoms with van der Waals surface area (Å²) in [5.74, 6) is -1.38. The van der Waals surface area contributed by atoms with Crippen LogP contribution in [-0.4, -0.2) is 28.9 Å². The summed E-state index contributed by atoms with van der Waals surface area (Å²) in [7, 11) is 0. The lowest BCUT2D eigenvalue weighted by atomic mass is 10.1. The number of benzene rings is 1. The molecule has 6 nitrogen and oxygen atoms in total. The molecule has 0 atom stereocenters. The molecule has 1 rings (SSSR count). The average Bonchev–Trinajstić information content (AvgIpc) is 2.26. The number of hydrogen-bond acceptors (Lipinski definition) is 4. The number of carboxylic acids is 1. The van der Waals surface area contributed by atoms with Crippen LogP contribution in [0.15, 0.2) is 30.9 Å². The van der Waals surface area contributed by atoms with E-state index in [4.69, 9.17) is 5.11 Å². The number of hydrogen-bond donors (Lipinski definition) is 3. The Balaban J connectivity index is 2.88. The summed E-state index contributed by atoms with van der Waals surface area (Å²) in [4.78, 5) is 22.0. The fourth-order valence-electron chi connectivity index (χ4n) is 1.10. The van der Waals surface area contributed by atoms with Gasteiger partial charge in [0.15, 0.2) is 0 Å². The van der Waals surface area contributed by atoms with E-state index in [0.29, 0.717) is 0 Å². The van der Waals surface area contributed by atoms with Crippen molar-refractivity contribution in [1.29, 1.82) is 0 Å². The summed E-state index contributed by atoms with van der Waals surface area (Å²) in [6.07, 6.45) is 0.554. The van der Waals surface area contributed by atoms with Gasteiger partial charge in [0.25, 0.3) is 0 Å². The molecule has 0 bridgehead atoms. The quantitative estimate of drug-likeness (QED) is 0.694. The minimum absolute atomic E-state index is 0.00700. The Kier molecular flexibility index (Phi) is 4.10. The molecule has 0 saturated heterocycles. The van der Waals surface area contributed by atoms with Crippen LogP contribution < -0.4 is 5.32 Å². The second-order valence-corrected chi connectivity index (χ2v) is 3.05. The fraction of sp³-hybridized carbons (Fsp3) is 0.0909. The zero-order chi connectivity index (χ0) is 12.8. The van der Waals surface area contributed by atoms with E-state index in [1.807, 2.05) is 0 Å². The smallest absolute Gasteiger partial charge is 0.411 e. The number of phenolic OH excluding ortho intramolecular Hbond substituents is 1. The molecular formula is C11H11NO5. The molecule has 0 spiro atoms. The molecule has 0 radical (unpaired) electrons. The van der Waals surface area contributed by atoms with Crippen LogP contribution in [0.25, 0.3) is 0 Å². The maximum Gasteiger partial charge on any atom is 0.411 e. The molecule has 1 aromatic carbocycles. The van der Waals surface area contributed by atoms with Gasteiger partial charge in [0.1, 0.15) is 12.4 Å². The number of nitrogens with one attached hydrogen (secondary N) is 1. The number of phenols is 1. The molecule has 17 heavy (non-hydrogen) atoms. The lowest BCUT2D eigenvalue weighted by Gasteiger charge is -2.08. The maximum atomic E-state index is 11.2. The lowest BCUT2D eigenvalue weighted by Crippen LogP contribution is -2.16. The van der Waals surface area contributed by atoms with Gasteiger partial charge in [-0.25, -0.2) is 9.59 Å². The van der Waals surface area contributed by atoms with E-state index in [0.717, 1.165) is 6.07 Å². The van der Waals surface area contributed by atoms with Crippen molar-refractivity contribution < 1.29 is 24.5 Å². The molecule has 0 fully saturated rings. The lowest BCUT2D eigenvalue weighted by molar-refractivity contribution is 0.0698. The van der Waals surface area contributed by atoms with Crippen molar-refractivity contribution in [3.8, 4) is 5.75 Å². The first-order chi connectivity index (χ1) is 8.04. The van der Waals surface area contributed by atoms with E-state index >= 15 is 0 Å². The van der Waals surface area contributed by atoms with Gasteiger partial charge in [0.2, 0.25) is 0 Å².